The molecule has 4 heteroatoms. The topological polar surface area (TPSA) is 44.9 Å². The maximum atomic E-state index is 5.84. The number of hydrogen-bond donors (Lipinski definition) is 1. The van der Waals surface area contributed by atoms with Gasteiger partial charge in [-0.2, -0.15) is 0 Å². The SMILES string of the molecule is CN=C(N)N1CCN(c2cccc(C)c2C)CC1. The second-order valence-corrected chi connectivity index (χ2v) is 4.77. The van der Waals surface area contributed by atoms with Gasteiger partial charge in [0.2, 0.25) is 0 Å². The first kappa shape index (κ1) is 12.7. The molecular weight excluding hydrogens is 224 g/mol. The van der Waals surface area contributed by atoms with Gasteiger partial charge in [-0.3, -0.25) is 4.99 Å². The summed E-state index contributed by atoms with van der Waals surface area (Å²) < 4.78 is 0. The summed E-state index contributed by atoms with van der Waals surface area (Å²) in [4.78, 5) is 8.62. The van der Waals surface area contributed by atoms with Crippen LogP contribution in [0.2, 0.25) is 0 Å². The summed E-state index contributed by atoms with van der Waals surface area (Å²) in [5.41, 5.74) is 9.92. The Morgan fingerprint density at radius 1 is 1.17 bits per heavy atom. The van der Waals surface area contributed by atoms with Crippen LogP contribution in [0.3, 0.4) is 0 Å². The van der Waals surface area contributed by atoms with Gasteiger partial charge in [-0.1, -0.05) is 12.1 Å². The maximum absolute atomic E-state index is 5.84. The summed E-state index contributed by atoms with van der Waals surface area (Å²) in [5.74, 6) is 0.649. The second-order valence-electron chi connectivity index (χ2n) is 4.77. The van der Waals surface area contributed by atoms with Gasteiger partial charge in [0, 0.05) is 38.9 Å². The molecule has 0 saturated carbocycles. The Labute approximate surface area is 109 Å². The number of nitrogens with zero attached hydrogens (tertiary/aromatic N) is 3. The number of anilines is 1. The average Bonchev–Trinajstić information content (AvgIpc) is 2.41. The van der Waals surface area contributed by atoms with Crippen molar-refractivity contribution in [1.82, 2.24) is 4.90 Å². The number of rotatable bonds is 1. The Morgan fingerprint density at radius 3 is 2.44 bits per heavy atom. The molecular formula is C14H22N4. The van der Waals surface area contributed by atoms with E-state index in [0.717, 1.165) is 26.2 Å². The van der Waals surface area contributed by atoms with E-state index in [4.69, 9.17) is 5.73 Å². The first-order chi connectivity index (χ1) is 8.63. The Hall–Kier alpha value is -1.71. The van der Waals surface area contributed by atoms with E-state index in [0.29, 0.717) is 5.96 Å². The predicted octanol–water partition coefficient (Wildman–Crippen LogP) is 1.37. The van der Waals surface area contributed by atoms with E-state index in [1.54, 1.807) is 7.05 Å². The zero-order chi connectivity index (χ0) is 13.1. The summed E-state index contributed by atoms with van der Waals surface area (Å²) in [7, 11) is 1.74. The third-order valence-electron chi connectivity index (χ3n) is 3.75. The fraction of sp³-hybridized carbons (Fsp3) is 0.500. The molecule has 1 fully saturated rings. The number of hydrogen-bond acceptors (Lipinski definition) is 2. The zero-order valence-corrected chi connectivity index (χ0v) is 11.5. The van der Waals surface area contributed by atoms with Gasteiger partial charge in [0.1, 0.15) is 0 Å². The van der Waals surface area contributed by atoms with E-state index < -0.39 is 0 Å². The predicted molar refractivity (Wildman–Crippen MR) is 77.2 cm³/mol. The first-order valence-electron chi connectivity index (χ1n) is 6.42. The molecule has 1 heterocycles. The van der Waals surface area contributed by atoms with E-state index in [2.05, 4.69) is 46.8 Å². The van der Waals surface area contributed by atoms with Crippen LogP contribution in [-0.2, 0) is 0 Å². The molecule has 2 rings (SSSR count). The van der Waals surface area contributed by atoms with Gasteiger partial charge in [0.15, 0.2) is 5.96 Å². The smallest absolute Gasteiger partial charge is 0.191 e. The van der Waals surface area contributed by atoms with Crippen LogP contribution < -0.4 is 10.6 Å². The fourth-order valence-corrected chi connectivity index (χ4v) is 2.40. The molecule has 0 amide bonds. The van der Waals surface area contributed by atoms with Crippen molar-refractivity contribution in [3.05, 3.63) is 29.3 Å². The van der Waals surface area contributed by atoms with Crippen LogP contribution in [0.4, 0.5) is 5.69 Å². The highest BCUT2D eigenvalue weighted by molar-refractivity contribution is 5.78. The van der Waals surface area contributed by atoms with Crippen molar-refractivity contribution in [2.75, 3.05) is 38.1 Å². The summed E-state index contributed by atoms with van der Waals surface area (Å²) in [5, 5.41) is 0. The molecule has 0 bridgehead atoms. The first-order valence-corrected chi connectivity index (χ1v) is 6.42. The molecule has 98 valence electrons. The van der Waals surface area contributed by atoms with E-state index in [9.17, 15) is 0 Å². The van der Waals surface area contributed by atoms with Gasteiger partial charge in [-0.15, -0.1) is 0 Å². The van der Waals surface area contributed by atoms with Crippen molar-refractivity contribution >= 4 is 11.6 Å². The van der Waals surface area contributed by atoms with Gasteiger partial charge in [-0.25, -0.2) is 0 Å². The van der Waals surface area contributed by atoms with Gasteiger partial charge in [-0.05, 0) is 31.0 Å². The third kappa shape index (κ3) is 2.42. The lowest BCUT2D eigenvalue weighted by Gasteiger charge is -2.37. The summed E-state index contributed by atoms with van der Waals surface area (Å²) in [6, 6.07) is 6.50. The molecule has 1 aliphatic rings. The Bertz CT molecular complexity index is 445. The average molecular weight is 246 g/mol. The van der Waals surface area contributed by atoms with E-state index >= 15 is 0 Å². The molecule has 0 atom stereocenters. The molecule has 0 unspecified atom stereocenters. The molecule has 2 N–H and O–H groups in total. The number of benzene rings is 1. The monoisotopic (exact) mass is 246 g/mol. The molecule has 4 nitrogen and oxygen atoms in total. The number of aryl methyl sites for hydroxylation is 1. The largest absolute Gasteiger partial charge is 0.370 e. The molecule has 0 spiro atoms. The highest BCUT2D eigenvalue weighted by Crippen LogP contribution is 2.23. The lowest BCUT2D eigenvalue weighted by molar-refractivity contribution is 0.381. The molecule has 0 radical (unpaired) electrons. The van der Waals surface area contributed by atoms with Gasteiger partial charge >= 0.3 is 0 Å². The van der Waals surface area contributed by atoms with Crippen LogP contribution in [0.15, 0.2) is 23.2 Å². The minimum Gasteiger partial charge on any atom is -0.370 e. The molecule has 1 saturated heterocycles. The normalized spacial score (nSPS) is 17.2. The zero-order valence-electron chi connectivity index (χ0n) is 11.5. The quantitative estimate of drug-likeness (QED) is 0.601. The summed E-state index contributed by atoms with van der Waals surface area (Å²) >= 11 is 0. The van der Waals surface area contributed by atoms with Gasteiger partial charge < -0.3 is 15.5 Å². The van der Waals surface area contributed by atoms with Gasteiger partial charge in [0.25, 0.3) is 0 Å². The highest BCUT2D eigenvalue weighted by atomic mass is 15.3. The van der Waals surface area contributed by atoms with Crippen molar-refractivity contribution in [2.45, 2.75) is 13.8 Å². The second kappa shape index (κ2) is 5.29. The van der Waals surface area contributed by atoms with E-state index in [1.807, 2.05) is 0 Å². The summed E-state index contributed by atoms with van der Waals surface area (Å²) in [6.45, 7) is 8.24. The van der Waals surface area contributed by atoms with Crippen LogP contribution in [0.1, 0.15) is 11.1 Å². The number of piperazine rings is 1. The van der Waals surface area contributed by atoms with Crippen LogP contribution in [0, 0.1) is 13.8 Å². The van der Waals surface area contributed by atoms with Crippen molar-refractivity contribution in [3.63, 3.8) is 0 Å². The van der Waals surface area contributed by atoms with E-state index in [-0.39, 0.29) is 0 Å². The summed E-state index contributed by atoms with van der Waals surface area (Å²) in [6.07, 6.45) is 0. The van der Waals surface area contributed by atoms with Crippen LogP contribution in [-0.4, -0.2) is 44.1 Å². The van der Waals surface area contributed by atoms with Crippen LogP contribution in [0.5, 0.6) is 0 Å². The highest BCUT2D eigenvalue weighted by Gasteiger charge is 2.19. The standard InChI is InChI=1S/C14H22N4/c1-11-5-4-6-13(12(11)2)17-7-9-18(10-8-17)14(15)16-3/h4-6H,7-10H2,1-3H3,(H2,15,16). The Balaban J connectivity index is 2.08. The maximum Gasteiger partial charge on any atom is 0.191 e. The van der Waals surface area contributed by atoms with Crippen LogP contribution in [0.25, 0.3) is 0 Å². The number of guanidine groups is 1. The van der Waals surface area contributed by atoms with Crippen molar-refractivity contribution in [2.24, 2.45) is 10.7 Å². The van der Waals surface area contributed by atoms with Gasteiger partial charge in [0.05, 0.1) is 0 Å². The molecule has 1 aliphatic heterocycles. The Morgan fingerprint density at radius 2 is 1.83 bits per heavy atom. The van der Waals surface area contributed by atoms with E-state index in [1.165, 1.54) is 16.8 Å². The van der Waals surface area contributed by atoms with Crippen molar-refractivity contribution < 1.29 is 0 Å². The number of nitrogens with two attached hydrogens (primary N) is 1. The lowest BCUT2D eigenvalue weighted by Crippen LogP contribution is -2.51. The van der Waals surface area contributed by atoms with Crippen molar-refractivity contribution in [3.8, 4) is 0 Å². The molecule has 1 aromatic rings. The Kier molecular flexibility index (Phi) is 3.75. The van der Waals surface area contributed by atoms with Crippen molar-refractivity contribution in [1.29, 1.82) is 0 Å². The van der Waals surface area contributed by atoms with Crippen LogP contribution >= 0.6 is 0 Å². The fourth-order valence-electron chi connectivity index (χ4n) is 2.40. The molecule has 0 aliphatic carbocycles. The number of aliphatic imine (C=N–C) groups is 1. The molecule has 1 aromatic carbocycles. The minimum atomic E-state index is 0.649. The lowest BCUT2D eigenvalue weighted by atomic mass is 10.1. The molecule has 0 aromatic heterocycles. The molecule has 18 heavy (non-hydrogen) atoms. The third-order valence-corrected chi connectivity index (χ3v) is 3.75. The minimum absolute atomic E-state index is 0.649.